The second kappa shape index (κ2) is 8.65. The number of ether oxygens (including phenoxy) is 1. The molecule has 0 spiro atoms. The van der Waals surface area contributed by atoms with E-state index in [1.165, 1.54) is 23.9 Å². The third-order valence-electron chi connectivity index (χ3n) is 4.67. The van der Waals surface area contributed by atoms with Crippen LogP contribution in [0.25, 0.3) is 11.4 Å². The molecule has 0 radical (unpaired) electrons. The summed E-state index contributed by atoms with van der Waals surface area (Å²) in [6.07, 6.45) is 4.36. The molecular formula is C23H19FN4O2. The predicted octanol–water partition coefficient (Wildman–Crippen LogP) is 3.96. The van der Waals surface area contributed by atoms with Gasteiger partial charge in [-0.2, -0.15) is 4.68 Å². The number of carbonyl (C=O) groups excluding carboxylic acids is 1. The van der Waals surface area contributed by atoms with Crippen LogP contribution in [0.3, 0.4) is 0 Å². The Kier molecular flexibility index (Phi) is 5.61. The fourth-order valence-electron chi connectivity index (χ4n) is 3.13. The van der Waals surface area contributed by atoms with Gasteiger partial charge in [0, 0.05) is 24.4 Å². The summed E-state index contributed by atoms with van der Waals surface area (Å²) in [7, 11) is 1.52. The number of nitrogens with zero attached hydrogens (tertiary/aromatic N) is 4. The minimum atomic E-state index is -0.329. The summed E-state index contributed by atoms with van der Waals surface area (Å²) in [6, 6.07) is 16.9. The third kappa shape index (κ3) is 4.10. The minimum Gasteiger partial charge on any atom is -0.496 e. The summed E-state index contributed by atoms with van der Waals surface area (Å²) in [5, 5.41) is 4.46. The first-order valence-corrected chi connectivity index (χ1v) is 9.44. The van der Waals surface area contributed by atoms with Gasteiger partial charge >= 0.3 is 0 Å². The molecule has 0 saturated heterocycles. The van der Waals surface area contributed by atoms with Crippen LogP contribution >= 0.6 is 0 Å². The fraction of sp³-hybridized carbons (Fsp3) is 0.130. The molecule has 0 aliphatic carbocycles. The Bertz CT molecular complexity index is 1160. The molecule has 0 aliphatic rings. The second-order valence-electron chi connectivity index (χ2n) is 6.64. The van der Waals surface area contributed by atoms with Crippen molar-refractivity contribution >= 4 is 5.91 Å². The highest BCUT2D eigenvalue weighted by Crippen LogP contribution is 2.21. The van der Waals surface area contributed by atoms with Crippen LogP contribution in [0.4, 0.5) is 4.39 Å². The number of para-hydroxylation sites is 1. The Morgan fingerprint density at radius 3 is 2.57 bits per heavy atom. The standard InChI is InChI=1S/C23H19FN4O2/c1-30-20-7-3-2-6-19(20)23(29)28-21(13-10-16-8-11-18(24)12-9-16)26-22(27-28)17-5-4-14-25-15-17/h2-9,11-12,14-15H,10,13H2,1H3. The number of benzene rings is 2. The van der Waals surface area contributed by atoms with Gasteiger partial charge in [0.2, 0.25) is 0 Å². The van der Waals surface area contributed by atoms with E-state index >= 15 is 0 Å². The Morgan fingerprint density at radius 2 is 1.83 bits per heavy atom. The highest BCUT2D eigenvalue weighted by Gasteiger charge is 2.21. The maximum absolute atomic E-state index is 13.3. The van der Waals surface area contributed by atoms with Crippen LogP contribution in [0.5, 0.6) is 5.75 Å². The first-order chi connectivity index (χ1) is 14.7. The number of hydrogen-bond acceptors (Lipinski definition) is 5. The molecule has 4 rings (SSSR count). The van der Waals surface area contributed by atoms with Crippen LogP contribution in [0, 0.1) is 5.82 Å². The van der Waals surface area contributed by atoms with Crippen LogP contribution in [0.15, 0.2) is 73.1 Å². The summed E-state index contributed by atoms with van der Waals surface area (Å²) in [5.41, 5.74) is 2.05. The Hall–Kier alpha value is -3.87. The number of methoxy groups -OCH3 is 1. The van der Waals surface area contributed by atoms with Crippen molar-refractivity contribution in [3.05, 3.63) is 95.8 Å². The van der Waals surface area contributed by atoms with Gasteiger partial charge in [-0.05, 0) is 48.4 Å². The molecule has 4 aromatic rings. The molecular weight excluding hydrogens is 383 g/mol. The zero-order valence-electron chi connectivity index (χ0n) is 16.3. The lowest BCUT2D eigenvalue weighted by Crippen LogP contribution is -2.18. The summed E-state index contributed by atoms with van der Waals surface area (Å²) >= 11 is 0. The fourth-order valence-corrected chi connectivity index (χ4v) is 3.13. The number of halogens is 1. The normalized spacial score (nSPS) is 10.7. The molecule has 0 saturated carbocycles. The Balaban J connectivity index is 1.70. The van der Waals surface area contributed by atoms with E-state index in [0.29, 0.717) is 41.4 Å². The maximum atomic E-state index is 13.3. The minimum absolute atomic E-state index is 0.285. The smallest absolute Gasteiger partial charge is 0.283 e. The molecule has 2 aromatic heterocycles. The van der Waals surface area contributed by atoms with Crippen molar-refractivity contribution < 1.29 is 13.9 Å². The SMILES string of the molecule is COc1ccccc1C(=O)n1nc(-c2cccnc2)nc1CCc1ccc(F)cc1. The molecule has 0 amide bonds. The first-order valence-electron chi connectivity index (χ1n) is 9.44. The van der Waals surface area contributed by atoms with Crippen molar-refractivity contribution in [1.29, 1.82) is 0 Å². The van der Waals surface area contributed by atoms with Gasteiger partial charge in [0.05, 0.1) is 12.7 Å². The van der Waals surface area contributed by atoms with Crippen LogP contribution in [0.1, 0.15) is 21.7 Å². The van der Waals surface area contributed by atoms with Gasteiger partial charge in [-0.25, -0.2) is 9.37 Å². The number of carbonyl (C=O) groups is 1. The van der Waals surface area contributed by atoms with Crippen molar-refractivity contribution in [3.63, 3.8) is 0 Å². The van der Waals surface area contributed by atoms with E-state index in [1.54, 1.807) is 54.9 Å². The molecule has 30 heavy (non-hydrogen) atoms. The van der Waals surface area contributed by atoms with Gasteiger partial charge in [-0.1, -0.05) is 24.3 Å². The van der Waals surface area contributed by atoms with E-state index in [9.17, 15) is 9.18 Å². The van der Waals surface area contributed by atoms with Crippen LogP contribution in [0.2, 0.25) is 0 Å². The van der Waals surface area contributed by atoms with Crippen LogP contribution < -0.4 is 4.74 Å². The topological polar surface area (TPSA) is 69.9 Å². The van der Waals surface area contributed by atoms with Gasteiger partial charge in [-0.15, -0.1) is 5.10 Å². The van der Waals surface area contributed by atoms with Gasteiger partial charge < -0.3 is 4.74 Å². The van der Waals surface area contributed by atoms with Crippen molar-refractivity contribution in [1.82, 2.24) is 19.7 Å². The molecule has 0 fully saturated rings. The molecule has 0 aliphatic heterocycles. The zero-order valence-corrected chi connectivity index (χ0v) is 16.3. The number of pyridine rings is 1. The third-order valence-corrected chi connectivity index (χ3v) is 4.67. The van der Waals surface area contributed by atoms with Gasteiger partial charge in [0.15, 0.2) is 5.82 Å². The second-order valence-corrected chi connectivity index (χ2v) is 6.64. The number of aryl methyl sites for hydroxylation is 2. The average Bonchev–Trinajstić information content (AvgIpc) is 3.23. The number of rotatable bonds is 6. The largest absolute Gasteiger partial charge is 0.496 e. The summed E-state index contributed by atoms with van der Waals surface area (Å²) in [6.45, 7) is 0. The van der Waals surface area contributed by atoms with Crippen LogP contribution in [-0.2, 0) is 12.8 Å². The van der Waals surface area contributed by atoms with Crippen molar-refractivity contribution in [2.75, 3.05) is 7.11 Å². The Labute approximate surface area is 173 Å². The van der Waals surface area contributed by atoms with E-state index < -0.39 is 0 Å². The summed E-state index contributed by atoms with van der Waals surface area (Å²) in [4.78, 5) is 22.0. The Morgan fingerprint density at radius 1 is 1.03 bits per heavy atom. The molecule has 150 valence electrons. The quantitative estimate of drug-likeness (QED) is 0.488. The molecule has 7 heteroatoms. The van der Waals surface area contributed by atoms with Crippen molar-refractivity contribution in [2.45, 2.75) is 12.8 Å². The van der Waals surface area contributed by atoms with Crippen molar-refractivity contribution in [3.8, 4) is 17.1 Å². The van der Waals surface area contributed by atoms with Gasteiger partial charge in [0.25, 0.3) is 5.91 Å². The molecule has 2 aromatic carbocycles. The molecule has 0 N–H and O–H groups in total. The average molecular weight is 402 g/mol. The van der Waals surface area contributed by atoms with E-state index in [-0.39, 0.29) is 11.7 Å². The van der Waals surface area contributed by atoms with E-state index in [4.69, 9.17) is 4.74 Å². The van der Waals surface area contributed by atoms with Gasteiger partial charge in [-0.3, -0.25) is 9.78 Å². The highest BCUT2D eigenvalue weighted by atomic mass is 19.1. The van der Waals surface area contributed by atoms with E-state index in [0.717, 1.165) is 5.56 Å². The summed E-state index contributed by atoms with van der Waals surface area (Å²) < 4.78 is 19.8. The van der Waals surface area contributed by atoms with Gasteiger partial charge in [0.1, 0.15) is 17.4 Å². The molecule has 6 nitrogen and oxygen atoms in total. The molecule has 0 unspecified atom stereocenters. The van der Waals surface area contributed by atoms with E-state index in [2.05, 4.69) is 15.1 Å². The monoisotopic (exact) mass is 402 g/mol. The molecule has 0 atom stereocenters. The lowest BCUT2D eigenvalue weighted by Gasteiger charge is -2.08. The zero-order chi connectivity index (χ0) is 20.9. The first kappa shape index (κ1) is 19.4. The maximum Gasteiger partial charge on any atom is 0.283 e. The summed E-state index contributed by atoms with van der Waals surface area (Å²) in [5.74, 6) is 0.774. The number of aromatic nitrogens is 4. The van der Waals surface area contributed by atoms with Crippen LogP contribution in [-0.4, -0.2) is 32.8 Å². The molecule has 0 bridgehead atoms. The lowest BCUT2D eigenvalue weighted by molar-refractivity contribution is 0.0938. The lowest BCUT2D eigenvalue weighted by atomic mass is 10.1. The number of hydrogen-bond donors (Lipinski definition) is 0. The molecule has 2 heterocycles. The van der Waals surface area contributed by atoms with Crippen molar-refractivity contribution in [2.24, 2.45) is 0 Å². The predicted molar refractivity (Wildman–Crippen MR) is 110 cm³/mol. The van der Waals surface area contributed by atoms with E-state index in [1.807, 2.05) is 6.07 Å². The highest BCUT2D eigenvalue weighted by molar-refractivity contribution is 5.98.